The van der Waals surface area contributed by atoms with Gasteiger partial charge in [0, 0.05) is 39.3 Å². The molecule has 1 N–H and O–H groups in total. The normalized spacial score (nSPS) is 32.3. The van der Waals surface area contributed by atoms with Crippen LogP contribution in [-0.2, 0) is 4.74 Å². The minimum atomic E-state index is -0.322. The third-order valence-corrected chi connectivity index (χ3v) is 5.91. The number of β-amino-alcohol motifs (C(OH)–C–C–N with tert-alkyl or cyclic N) is 1. The summed E-state index contributed by atoms with van der Waals surface area (Å²) in [4.78, 5) is 4.84. The Labute approximate surface area is 153 Å². The summed E-state index contributed by atoms with van der Waals surface area (Å²) in [5.41, 5.74) is 0. The monoisotopic (exact) mass is 368 g/mol. The molecule has 4 unspecified atom stereocenters. The molecule has 138 valence electrons. The minimum absolute atomic E-state index is 0. The highest BCUT2D eigenvalue weighted by Gasteiger charge is 2.39. The summed E-state index contributed by atoms with van der Waals surface area (Å²) in [5, 5.41) is 10.2. The van der Waals surface area contributed by atoms with Crippen LogP contribution in [0.1, 0.15) is 32.6 Å². The number of aliphatic hydroxyl groups is 1. The number of halogens is 2. The number of hydrogen-bond donors (Lipinski definition) is 1. The number of fused-ring (bicyclic) bond motifs is 2. The number of rotatable bonds is 7. The van der Waals surface area contributed by atoms with E-state index in [4.69, 9.17) is 4.74 Å². The minimum Gasteiger partial charge on any atom is -0.389 e. The quantitative estimate of drug-likeness (QED) is 0.747. The van der Waals surface area contributed by atoms with Gasteiger partial charge in [0.1, 0.15) is 0 Å². The molecule has 4 atom stereocenters. The highest BCUT2D eigenvalue weighted by Crippen LogP contribution is 2.48. The van der Waals surface area contributed by atoms with Crippen LogP contribution >= 0.6 is 24.8 Å². The third-order valence-electron chi connectivity index (χ3n) is 5.91. The summed E-state index contributed by atoms with van der Waals surface area (Å²) in [6.45, 7) is 9.95. The van der Waals surface area contributed by atoms with Crippen LogP contribution in [0.5, 0.6) is 0 Å². The molecule has 0 aromatic carbocycles. The zero-order valence-electron chi connectivity index (χ0n) is 14.4. The third kappa shape index (κ3) is 6.02. The fourth-order valence-electron chi connectivity index (χ4n) is 4.57. The molecule has 2 bridgehead atoms. The van der Waals surface area contributed by atoms with Crippen molar-refractivity contribution in [2.75, 3.05) is 52.5 Å². The van der Waals surface area contributed by atoms with Gasteiger partial charge in [-0.3, -0.25) is 4.90 Å². The van der Waals surface area contributed by atoms with Gasteiger partial charge in [0.25, 0.3) is 0 Å². The van der Waals surface area contributed by atoms with Crippen LogP contribution in [0.2, 0.25) is 0 Å². The average molecular weight is 369 g/mol. The molecule has 0 aromatic rings. The largest absolute Gasteiger partial charge is 0.389 e. The van der Waals surface area contributed by atoms with Crippen LogP contribution in [0, 0.1) is 17.8 Å². The van der Waals surface area contributed by atoms with Crippen molar-refractivity contribution in [3.63, 3.8) is 0 Å². The van der Waals surface area contributed by atoms with Crippen molar-refractivity contribution in [2.24, 2.45) is 17.8 Å². The first kappa shape index (κ1) is 21.5. The van der Waals surface area contributed by atoms with E-state index in [1.807, 2.05) is 0 Å². The Bertz CT molecular complexity index is 328. The second kappa shape index (κ2) is 10.4. The van der Waals surface area contributed by atoms with E-state index in [1.165, 1.54) is 25.7 Å². The summed E-state index contributed by atoms with van der Waals surface area (Å²) in [6, 6.07) is 0. The van der Waals surface area contributed by atoms with Gasteiger partial charge in [-0.05, 0) is 43.6 Å². The number of hydrogen-bond acceptors (Lipinski definition) is 4. The SMILES string of the molecule is CCN1CCN(CC(O)COCC2CC3CCC2C3)CC1.Cl.Cl. The topological polar surface area (TPSA) is 35.9 Å². The van der Waals surface area contributed by atoms with E-state index >= 15 is 0 Å². The van der Waals surface area contributed by atoms with E-state index in [0.29, 0.717) is 6.61 Å². The first-order valence-corrected chi connectivity index (χ1v) is 8.95. The maximum absolute atomic E-state index is 10.2. The molecule has 23 heavy (non-hydrogen) atoms. The standard InChI is InChI=1S/C17H32N2O2.2ClH/c1-2-18-5-7-19(8-6-18)11-17(20)13-21-12-16-10-14-3-4-15(16)9-14;;/h14-17,20H,2-13H2,1H3;2*1H. The van der Waals surface area contributed by atoms with Crippen molar-refractivity contribution in [3.8, 4) is 0 Å². The lowest BCUT2D eigenvalue weighted by Crippen LogP contribution is -2.48. The molecule has 2 aliphatic carbocycles. The van der Waals surface area contributed by atoms with E-state index in [2.05, 4.69) is 16.7 Å². The van der Waals surface area contributed by atoms with Crippen molar-refractivity contribution in [1.29, 1.82) is 0 Å². The smallest absolute Gasteiger partial charge is 0.0900 e. The number of nitrogens with zero attached hydrogens (tertiary/aromatic N) is 2. The zero-order chi connectivity index (χ0) is 14.7. The first-order valence-electron chi connectivity index (χ1n) is 8.95. The molecule has 6 heteroatoms. The Balaban J connectivity index is 0.00000132. The molecule has 0 aromatic heterocycles. The molecule has 1 saturated heterocycles. The lowest BCUT2D eigenvalue weighted by atomic mass is 9.90. The molecular weight excluding hydrogens is 335 g/mol. The van der Waals surface area contributed by atoms with E-state index in [9.17, 15) is 5.11 Å². The van der Waals surface area contributed by atoms with Gasteiger partial charge in [-0.15, -0.1) is 24.8 Å². The molecule has 1 heterocycles. The molecule has 3 rings (SSSR count). The second-order valence-corrected chi connectivity index (χ2v) is 7.36. The molecule has 1 aliphatic heterocycles. The Kier molecular flexibility index (Phi) is 9.72. The highest BCUT2D eigenvalue weighted by molar-refractivity contribution is 5.85. The number of likely N-dealkylation sites (N-methyl/N-ethyl adjacent to an activating group) is 1. The van der Waals surface area contributed by atoms with E-state index < -0.39 is 0 Å². The molecule has 3 aliphatic rings. The average Bonchev–Trinajstić information content (AvgIpc) is 3.11. The van der Waals surface area contributed by atoms with Gasteiger partial charge in [-0.2, -0.15) is 0 Å². The van der Waals surface area contributed by atoms with Crippen molar-refractivity contribution < 1.29 is 9.84 Å². The summed E-state index contributed by atoms with van der Waals surface area (Å²) in [6.07, 6.45) is 5.37. The molecule has 0 radical (unpaired) electrons. The number of aliphatic hydroxyl groups excluding tert-OH is 1. The van der Waals surface area contributed by atoms with Crippen LogP contribution in [0.4, 0.5) is 0 Å². The molecule has 2 saturated carbocycles. The van der Waals surface area contributed by atoms with Crippen molar-refractivity contribution >= 4 is 24.8 Å². The Morgan fingerprint density at radius 2 is 1.74 bits per heavy atom. The molecule has 0 spiro atoms. The predicted molar refractivity (Wildman–Crippen MR) is 98.8 cm³/mol. The Morgan fingerprint density at radius 3 is 2.30 bits per heavy atom. The molecular formula is C17H34Cl2N2O2. The molecule has 0 amide bonds. The highest BCUT2D eigenvalue weighted by atomic mass is 35.5. The van der Waals surface area contributed by atoms with Gasteiger partial charge >= 0.3 is 0 Å². The van der Waals surface area contributed by atoms with Crippen LogP contribution in [0.25, 0.3) is 0 Å². The van der Waals surface area contributed by atoms with E-state index in [0.717, 1.165) is 63.6 Å². The second-order valence-electron chi connectivity index (χ2n) is 7.36. The van der Waals surface area contributed by atoms with Gasteiger partial charge in [-0.1, -0.05) is 13.3 Å². The van der Waals surface area contributed by atoms with Crippen LogP contribution in [-0.4, -0.2) is 73.5 Å². The van der Waals surface area contributed by atoms with E-state index in [-0.39, 0.29) is 30.9 Å². The van der Waals surface area contributed by atoms with Crippen molar-refractivity contribution in [1.82, 2.24) is 9.80 Å². The lowest BCUT2D eigenvalue weighted by Gasteiger charge is -2.35. The van der Waals surface area contributed by atoms with Crippen LogP contribution in [0.3, 0.4) is 0 Å². The van der Waals surface area contributed by atoms with Gasteiger partial charge in [0.05, 0.1) is 12.7 Å². The first-order chi connectivity index (χ1) is 10.2. The Morgan fingerprint density at radius 1 is 1.04 bits per heavy atom. The fraction of sp³-hybridized carbons (Fsp3) is 1.00. The van der Waals surface area contributed by atoms with Crippen molar-refractivity contribution in [3.05, 3.63) is 0 Å². The summed E-state index contributed by atoms with van der Waals surface area (Å²) < 4.78 is 5.83. The van der Waals surface area contributed by atoms with Gasteiger partial charge in [-0.25, -0.2) is 0 Å². The fourth-order valence-corrected chi connectivity index (χ4v) is 4.57. The zero-order valence-corrected chi connectivity index (χ0v) is 16.0. The molecule has 4 nitrogen and oxygen atoms in total. The maximum Gasteiger partial charge on any atom is 0.0900 e. The van der Waals surface area contributed by atoms with Gasteiger partial charge < -0.3 is 14.7 Å². The predicted octanol–water partition coefficient (Wildman–Crippen LogP) is 2.28. The maximum atomic E-state index is 10.2. The van der Waals surface area contributed by atoms with Crippen LogP contribution < -0.4 is 0 Å². The number of ether oxygens (including phenoxy) is 1. The lowest BCUT2D eigenvalue weighted by molar-refractivity contribution is -0.00831. The van der Waals surface area contributed by atoms with Crippen molar-refractivity contribution in [2.45, 2.75) is 38.7 Å². The van der Waals surface area contributed by atoms with E-state index in [1.54, 1.807) is 0 Å². The summed E-state index contributed by atoms with van der Waals surface area (Å²) in [5.74, 6) is 2.70. The van der Waals surface area contributed by atoms with Gasteiger partial charge in [0.2, 0.25) is 0 Å². The molecule has 3 fully saturated rings. The van der Waals surface area contributed by atoms with Crippen LogP contribution in [0.15, 0.2) is 0 Å². The summed E-state index contributed by atoms with van der Waals surface area (Å²) in [7, 11) is 0. The number of piperazine rings is 1. The van der Waals surface area contributed by atoms with Gasteiger partial charge in [0.15, 0.2) is 0 Å². The Hall–Kier alpha value is 0.420. The summed E-state index contributed by atoms with van der Waals surface area (Å²) >= 11 is 0.